The summed E-state index contributed by atoms with van der Waals surface area (Å²) in [5.41, 5.74) is 3.67. The summed E-state index contributed by atoms with van der Waals surface area (Å²) in [6, 6.07) is 18.4. The third-order valence-electron chi connectivity index (χ3n) is 4.37. The number of nitrogens with one attached hydrogen (secondary N) is 2. The number of anilines is 1. The van der Waals surface area contributed by atoms with Gasteiger partial charge in [-0.25, -0.2) is 10.2 Å². The van der Waals surface area contributed by atoms with Crippen molar-refractivity contribution in [2.45, 2.75) is 0 Å². The molecule has 8 nitrogen and oxygen atoms in total. The van der Waals surface area contributed by atoms with Crippen LogP contribution in [0.5, 0.6) is 11.5 Å². The molecule has 10 heteroatoms. The Bertz CT molecular complexity index is 1290. The van der Waals surface area contributed by atoms with E-state index in [1.807, 2.05) is 30.3 Å². The van der Waals surface area contributed by atoms with E-state index >= 15 is 0 Å². The van der Waals surface area contributed by atoms with Crippen molar-refractivity contribution in [3.05, 3.63) is 94.0 Å². The lowest BCUT2D eigenvalue weighted by Gasteiger charge is -2.08. The van der Waals surface area contributed by atoms with Crippen LogP contribution in [0.2, 0.25) is 10.0 Å². The monoisotopic (exact) mass is 511 g/mol. The third kappa shape index (κ3) is 7.70. The maximum absolute atomic E-state index is 12.1. The topological polar surface area (TPSA) is 106 Å². The minimum absolute atomic E-state index is 0.191. The van der Waals surface area contributed by atoms with Crippen molar-refractivity contribution in [1.29, 1.82) is 0 Å². The van der Waals surface area contributed by atoms with Gasteiger partial charge in [-0.1, -0.05) is 53.5 Å². The summed E-state index contributed by atoms with van der Waals surface area (Å²) < 4.78 is 10.6. The summed E-state index contributed by atoms with van der Waals surface area (Å²) in [4.78, 5) is 36.2. The smallest absolute Gasteiger partial charge is 0.336 e. The van der Waals surface area contributed by atoms with E-state index in [1.165, 1.54) is 37.6 Å². The molecule has 3 aromatic rings. The molecule has 0 radical (unpaired) electrons. The molecule has 0 aliphatic carbocycles. The predicted molar refractivity (Wildman–Crippen MR) is 135 cm³/mol. The molecule has 0 aliphatic rings. The zero-order valence-electron chi connectivity index (χ0n) is 18.3. The van der Waals surface area contributed by atoms with Crippen molar-refractivity contribution in [3.8, 4) is 11.5 Å². The van der Waals surface area contributed by atoms with Gasteiger partial charge in [0.25, 0.3) is 0 Å². The molecule has 0 fully saturated rings. The van der Waals surface area contributed by atoms with Gasteiger partial charge < -0.3 is 14.8 Å². The quantitative estimate of drug-likeness (QED) is 0.119. The Balaban J connectivity index is 1.58. The lowest BCUT2D eigenvalue weighted by atomic mass is 10.2. The van der Waals surface area contributed by atoms with Crippen LogP contribution in [-0.2, 0) is 14.4 Å². The Morgan fingerprint density at radius 1 is 0.886 bits per heavy atom. The molecule has 2 amide bonds. The molecule has 3 aromatic carbocycles. The van der Waals surface area contributed by atoms with E-state index in [2.05, 4.69) is 15.8 Å². The number of rotatable bonds is 7. The zero-order valence-corrected chi connectivity index (χ0v) is 19.8. The number of halogens is 2. The molecule has 0 spiro atoms. The number of amides is 2. The summed E-state index contributed by atoms with van der Waals surface area (Å²) in [7, 11) is 1.42. The first-order chi connectivity index (χ1) is 16.9. The molecule has 178 valence electrons. The molecule has 2 N–H and O–H groups in total. The van der Waals surface area contributed by atoms with Crippen molar-refractivity contribution in [3.63, 3.8) is 0 Å². The van der Waals surface area contributed by atoms with Crippen molar-refractivity contribution < 1.29 is 23.9 Å². The van der Waals surface area contributed by atoms with Crippen LogP contribution in [-0.4, -0.2) is 31.1 Å². The van der Waals surface area contributed by atoms with Crippen LogP contribution in [0.3, 0.4) is 0 Å². The van der Waals surface area contributed by atoms with Crippen LogP contribution >= 0.6 is 23.2 Å². The van der Waals surface area contributed by atoms with E-state index < -0.39 is 17.8 Å². The van der Waals surface area contributed by atoms with Crippen molar-refractivity contribution >= 4 is 59.0 Å². The normalized spacial score (nSPS) is 10.8. The largest absolute Gasteiger partial charge is 0.493 e. The summed E-state index contributed by atoms with van der Waals surface area (Å²) >= 11 is 11.8. The van der Waals surface area contributed by atoms with Crippen molar-refractivity contribution in [2.75, 3.05) is 12.4 Å². The van der Waals surface area contributed by atoms with Gasteiger partial charge in [0, 0.05) is 11.1 Å². The summed E-state index contributed by atoms with van der Waals surface area (Å²) in [5, 5.41) is 6.67. The number of ether oxygens (including phenoxy) is 2. The molecule has 0 atom stereocenters. The number of hydrogen-bond acceptors (Lipinski definition) is 6. The number of esters is 1. The number of hydrogen-bond donors (Lipinski definition) is 2. The Morgan fingerprint density at radius 3 is 2.40 bits per heavy atom. The third-order valence-corrected chi connectivity index (χ3v) is 4.94. The minimum atomic E-state index is -1.01. The van der Waals surface area contributed by atoms with E-state index in [9.17, 15) is 14.4 Å². The fourth-order valence-electron chi connectivity index (χ4n) is 2.71. The van der Waals surface area contributed by atoms with Crippen LogP contribution < -0.4 is 20.2 Å². The molecule has 0 aliphatic heterocycles. The Hall–Kier alpha value is -4.14. The highest BCUT2D eigenvalue weighted by molar-refractivity contribution is 6.42. The lowest BCUT2D eigenvalue weighted by Crippen LogP contribution is -2.32. The number of methoxy groups -OCH3 is 1. The Labute approximate surface area is 211 Å². The van der Waals surface area contributed by atoms with Gasteiger partial charge in [-0.2, -0.15) is 5.10 Å². The fraction of sp³-hybridized carbons (Fsp3) is 0.0400. The van der Waals surface area contributed by atoms with E-state index in [1.54, 1.807) is 24.3 Å². The van der Waals surface area contributed by atoms with Crippen LogP contribution in [0.1, 0.15) is 11.1 Å². The second kappa shape index (κ2) is 12.4. The maximum Gasteiger partial charge on any atom is 0.336 e. The molecule has 0 bridgehead atoms. The van der Waals surface area contributed by atoms with E-state index in [0.29, 0.717) is 10.6 Å². The van der Waals surface area contributed by atoms with Gasteiger partial charge in [-0.15, -0.1) is 0 Å². The highest BCUT2D eigenvalue weighted by Crippen LogP contribution is 2.28. The lowest BCUT2D eigenvalue weighted by molar-refractivity contribution is -0.136. The Morgan fingerprint density at radius 2 is 1.66 bits per heavy atom. The molecule has 0 heterocycles. The van der Waals surface area contributed by atoms with Crippen LogP contribution in [0.4, 0.5) is 5.69 Å². The van der Waals surface area contributed by atoms with Gasteiger partial charge in [-0.3, -0.25) is 9.59 Å². The molecular formula is C25H19Cl2N3O5. The maximum atomic E-state index is 12.1. The average Bonchev–Trinajstić information content (AvgIpc) is 2.86. The number of nitrogens with zero attached hydrogens (tertiary/aromatic N) is 1. The second-order valence-electron chi connectivity index (χ2n) is 6.85. The predicted octanol–water partition coefficient (Wildman–Crippen LogP) is 4.71. The van der Waals surface area contributed by atoms with E-state index in [0.717, 1.165) is 5.56 Å². The summed E-state index contributed by atoms with van der Waals surface area (Å²) in [5.74, 6) is -2.09. The molecule has 0 unspecified atom stereocenters. The summed E-state index contributed by atoms with van der Waals surface area (Å²) in [6.07, 6.45) is 4.23. The van der Waals surface area contributed by atoms with Crippen molar-refractivity contribution in [2.24, 2.45) is 5.10 Å². The van der Waals surface area contributed by atoms with Gasteiger partial charge in [0.1, 0.15) is 0 Å². The minimum Gasteiger partial charge on any atom is -0.493 e. The van der Waals surface area contributed by atoms with Gasteiger partial charge in [-0.05, 0) is 53.6 Å². The zero-order chi connectivity index (χ0) is 25.2. The second-order valence-corrected chi connectivity index (χ2v) is 7.70. The molecule has 35 heavy (non-hydrogen) atoms. The standard InChI is InChI=1S/C25H19Cl2N3O5/c1-34-22-13-17(7-11-21(22)35-23(31)12-8-16-5-3-2-4-6-16)15-28-30-25(33)24(32)29-20-14-18(26)9-10-19(20)27/h2-15H,1H3,(H,29,32)(H,30,33)/b12-8+,28-15-. The first-order valence-corrected chi connectivity index (χ1v) is 10.8. The molecule has 0 aromatic heterocycles. The highest BCUT2D eigenvalue weighted by Gasteiger charge is 2.15. The van der Waals surface area contributed by atoms with Crippen LogP contribution in [0.25, 0.3) is 6.08 Å². The summed E-state index contributed by atoms with van der Waals surface area (Å²) in [6.45, 7) is 0. The number of carbonyl (C=O) groups is 3. The number of hydrazone groups is 1. The SMILES string of the molecule is COc1cc(/C=N\NC(=O)C(=O)Nc2cc(Cl)ccc2Cl)ccc1OC(=O)/C=C/c1ccccc1. The van der Waals surface area contributed by atoms with Gasteiger partial charge >= 0.3 is 17.8 Å². The van der Waals surface area contributed by atoms with Gasteiger partial charge in [0.15, 0.2) is 11.5 Å². The fourth-order valence-corrected chi connectivity index (χ4v) is 3.05. The van der Waals surface area contributed by atoms with Gasteiger partial charge in [0.05, 0.1) is 24.0 Å². The average molecular weight is 512 g/mol. The van der Waals surface area contributed by atoms with Gasteiger partial charge in [0.2, 0.25) is 0 Å². The first-order valence-electron chi connectivity index (χ1n) is 10.1. The van der Waals surface area contributed by atoms with Crippen molar-refractivity contribution in [1.82, 2.24) is 5.43 Å². The number of benzene rings is 3. The highest BCUT2D eigenvalue weighted by atomic mass is 35.5. The van der Waals surface area contributed by atoms with E-state index in [-0.39, 0.29) is 22.2 Å². The van der Waals surface area contributed by atoms with Crippen LogP contribution in [0, 0.1) is 0 Å². The first kappa shape index (κ1) is 25.5. The van der Waals surface area contributed by atoms with E-state index in [4.69, 9.17) is 32.7 Å². The number of carbonyl (C=O) groups excluding carboxylic acids is 3. The molecule has 0 saturated carbocycles. The van der Waals surface area contributed by atoms with Crippen LogP contribution in [0.15, 0.2) is 77.9 Å². The molecule has 3 rings (SSSR count). The molecule has 0 saturated heterocycles. The Kier molecular flexibility index (Phi) is 9.00. The molecular weight excluding hydrogens is 493 g/mol.